The number of halogens is 2. The fraction of sp³-hybridized carbons (Fsp3) is 0.480. The Bertz CT molecular complexity index is 944. The monoisotopic (exact) mass is 460 g/mol. The molecule has 1 heterocycles. The molecule has 4 rings (SSSR count). The standard InChI is InChI=1S/C25H30F2N2O4/c1-2-32-23(25(30)31)11-16-3-7-19(8-4-16)33-10-9-28-24-20-14-29(15-21(20)24)13-17-5-6-18(26)12-22(17)27/h3-8,12,20-21,23-24,28H,2,9-11,13-15H2,1H3,(H,30,31)/t20-,21?,23-,24?/m0/s1. The molecule has 33 heavy (non-hydrogen) atoms. The van der Waals surface area contributed by atoms with Crippen LogP contribution >= 0.6 is 0 Å². The number of likely N-dealkylation sites (tertiary alicyclic amines) is 1. The van der Waals surface area contributed by atoms with E-state index in [-0.39, 0.29) is 0 Å². The molecule has 0 bridgehead atoms. The molecule has 2 aromatic carbocycles. The topological polar surface area (TPSA) is 71.0 Å². The number of nitrogens with one attached hydrogen (secondary N) is 1. The lowest BCUT2D eigenvalue weighted by Gasteiger charge is -2.20. The van der Waals surface area contributed by atoms with Crippen molar-refractivity contribution in [3.05, 3.63) is 65.2 Å². The van der Waals surface area contributed by atoms with Crippen molar-refractivity contribution in [1.82, 2.24) is 10.2 Å². The first-order chi connectivity index (χ1) is 15.9. The van der Waals surface area contributed by atoms with Crippen molar-refractivity contribution >= 4 is 5.97 Å². The largest absolute Gasteiger partial charge is 0.492 e. The van der Waals surface area contributed by atoms with Gasteiger partial charge in [0.2, 0.25) is 0 Å². The third kappa shape index (κ3) is 6.07. The Kier molecular flexibility index (Phi) is 7.57. The number of nitrogens with zero attached hydrogens (tertiary/aromatic N) is 1. The number of carboxylic acids is 1. The van der Waals surface area contributed by atoms with Crippen molar-refractivity contribution in [3.8, 4) is 5.75 Å². The highest BCUT2D eigenvalue weighted by atomic mass is 19.1. The van der Waals surface area contributed by atoms with E-state index in [1.54, 1.807) is 6.92 Å². The van der Waals surface area contributed by atoms with Crippen LogP contribution in [-0.4, -0.2) is 61.0 Å². The molecule has 8 heteroatoms. The fourth-order valence-corrected chi connectivity index (χ4v) is 4.69. The van der Waals surface area contributed by atoms with Crippen molar-refractivity contribution < 1.29 is 28.2 Å². The van der Waals surface area contributed by atoms with Crippen LogP contribution in [0.15, 0.2) is 42.5 Å². The van der Waals surface area contributed by atoms with E-state index in [0.29, 0.717) is 49.6 Å². The van der Waals surface area contributed by atoms with E-state index in [4.69, 9.17) is 9.47 Å². The Morgan fingerprint density at radius 2 is 1.91 bits per heavy atom. The molecule has 1 aliphatic carbocycles. The average molecular weight is 461 g/mol. The summed E-state index contributed by atoms with van der Waals surface area (Å²) in [7, 11) is 0. The molecule has 1 saturated heterocycles. The van der Waals surface area contributed by atoms with Crippen molar-refractivity contribution in [2.24, 2.45) is 11.8 Å². The third-order valence-corrected chi connectivity index (χ3v) is 6.42. The van der Waals surface area contributed by atoms with Crippen LogP contribution in [0.2, 0.25) is 0 Å². The maximum atomic E-state index is 13.9. The summed E-state index contributed by atoms with van der Waals surface area (Å²) in [6.45, 7) is 5.76. The van der Waals surface area contributed by atoms with Gasteiger partial charge in [-0.05, 0) is 42.5 Å². The van der Waals surface area contributed by atoms with Crippen molar-refractivity contribution in [2.45, 2.75) is 32.0 Å². The zero-order valence-electron chi connectivity index (χ0n) is 18.7. The maximum Gasteiger partial charge on any atom is 0.333 e. The molecular formula is C25H30F2N2O4. The summed E-state index contributed by atoms with van der Waals surface area (Å²) in [4.78, 5) is 13.4. The van der Waals surface area contributed by atoms with Crippen LogP contribution in [0, 0.1) is 23.5 Å². The number of ether oxygens (including phenoxy) is 2. The molecule has 0 amide bonds. The van der Waals surface area contributed by atoms with Crippen molar-refractivity contribution in [3.63, 3.8) is 0 Å². The predicted molar refractivity (Wildman–Crippen MR) is 119 cm³/mol. The molecule has 2 fully saturated rings. The minimum absolute atomic E-state index is 0.320. The van der Waals surface area contributed by atoms with E-state index < -0.39 is 23.7 Å². The molecule has 0 spiro atoms. The predicted octanol–water partition coefficient (Wildman–Crippen LogP) is 3.10. The summed E-state index contributed by atoms with van der Waals surface area (Å²) < 4.78 is 38.0. The first-order valence-corrected chi connectivity index (χ1v) is 11.4. The number of hydrogen-bond acceptors (Lipinski definition) is 5. The molecule has 2 aromatic rings. The average Bonchev–Trinajstić information content (AvgIpc) is 3.23. The Morgan fingerprint density at radius 1 is 1.18 bits per heavy atom. The molecule has 1 saturated carbocycles. The number of aliphatic carboxylic acids is 1. The van der Waals surface area contributed by atoms with Gasteiger partial charge in [-0.2, -0.15) is 0 Å². The van der Waals surface area contributed by atoms with Crippen LogP contribution in [-0.2, 0) is 22.5 Å². The second-order valence-corrected chi connectivity index (χ2v) is 8.72. The van der Waals surface area contributed by atoms with Gasteiger partial charge in [0.1, 0.15) is 24.0 Å². The molecule has 2 N–H and O–H groups in total. The number of carbonyl (C=O) groups is 1. The Hall–Kier alpha value is -2.55. The zero-order valence-corrected chi connectivity index (χ0v) is 18.7. The van der Waals surface area contributed by atoms with Crippen molar-refractivity contribution in [1.29, 1.82) is 0 Å². The maximum absolute atomic E-state index is 13.9. The quantitative estimate of drug-likeness (QED) is 0.475. The van der Waals surface area contributed by atoms with Gasteiger partial charge in [0.25, 0.3) is 0 Å². The molecular weight excluding hydrogens is 430 g/mol. The van der Waals surface area contributed by atoms with E-state index >= 15 is 0 Å². The molecule has 2 unspecified atom stereocenters. The van der Waals surface area contributed by atoms with Crippen LogP contribution in [0.4, 0.5) is 8.78 Å². The lowest BCUT2D eigenvalue weighted by Crippen LogP contribution is -2.33. The Labute approximate surface area is 192 Å². The van der Waals surface area contributed by atoms with Crippen LogP contribution in [0.5, 0.6) is 5.75 Å². The summed E-state index contributed by atoms with van der Waals surface area (Å²) in [5.74, 6) is -0.102. The van der Waals surface area contributed by atoms with Crippen LogP contribution in [0.1, 0.15) is 18.1 Å². The van der Waals surface area contributed by atoms with Gasteiger partial charge < -0.3 is 19.9 Å². The van der Waals surface area contributed by atoms with Gasteiger partial charge in [0, 0.05) is 56.9 Å². The normalized spacial score (nSPS) is 22.7. The molecule has 2 aliphatic rings. The highest BCUT2D eigenvalue weighted by Gasteiger charge is 2.55. The van der Waals surface area contributed by atoms with Crippen molar-refractivity contribution in [2.75, 3.05) is 32.8 Å². The SMILES string of the molecule is CCO[C@@H](Cc1ccc(OCCNC2C3CN(Cc4ccc(F)cc4F)C[C@@H]32)cc1)C(=O)O. The van der Waals surface area contributed by atoms with Gasteiger partial charge in [-0.1, -0.05) is 18.2 Å². The lowest BCUT2D eigenvalue weighted by molar-refractivity contribution is -0.149. The molecule has 1 aliphatic heterocycles. The molecule has 178 valence electrons. The van der Waals surface area contributed by atoms with E-state index in [1.807, 2.05) is 24.3 Å². The summed E-state index contributed by atoms with van der Waals surface area (Å²) in [6.07, 6.45) is -0.519. The number of fused-ring (bicyclic) bond motifs is 1. The summed E-state index contributed by atoms with van der Waals surface area (Å²) in [5.41, 5.74) is 1.43. The smallest absolute Gasteiger partial charge is 0.333 e. The van der Waals surface area contributed by atoms with Crippen LogP contribution < -0.4 is 10.1 Å². The number of carboxylic acid groups (broad SMARTS) is 1. The second kappa shape index (κ2) is 10.6. The van der Waals surface area contributed by atoms with E-state index in [9.17, 15) is 18.7 Å². The minimum atomic E-state index is -0.959. The van der Waals surface area contributed by atoms with Gasteiger partial charge in [0.05, 0.1) is 0 Å². The van der Waals surface area contributed by atoms with Gasteiger partial charge >= 0.3 is 5.97 Å². The minimum Gasteiger partial charge on any atom is -0.492 e. The summed E-state index contributed by atoms with van der Waals surface area (Å²) in [6, 6.07) is 11.7. The van der Waals surface area contributed by atoms with E-state index in [1.165, 1.54) is 12.1 Å². The highest BCUT2D eigenvalue weighted by Crippen LogP contribution is 2.45. The van der Waals surface area contributed by atoms with Gasteiger partial charge in [-0.25, -0.2) is 13.6 Å². The summed E-state index contributed by atoms with van der Waals surface area (Å²) >= 11 is 0. The Balaban J connectivity index is 1.13. The van der Waals surface area contributed by atoms with Gasteiger partial charge in [-0.3, -0.25) is 4.90 Å². The molecule has 4 atom stereocenters. The Morgan fingerprint density at radius 3 is 2.55 bits per heavy atom. The lowest BCUT2D eigenvalue weighted by atomic mass is 10.1. The molecule has 0 radical (unpaired) electrons. The number of benzene rings is 2. The highest BCUT2D eigenvalue weighted by molar-refractivity contribution is 5.72. The molecule has 6 nitrogen and oxygen atoms in total. The fourth-order valence-electron chi connectivity index (χ4n) is 4.69. The third-order valence-electron chi connectivity index (χ3n) is 6.42. The summed E-state index contributed by atoms with van der Waals surface area (Å²) in [5, 5.41) is 12.7. The number of piperidine rings is 1. The van der Waals surface area contributed by atoms with Crippen LogP contribution in [0.3, 0.4) is 0 Å². The van der Waals surface area contributed by atoms with Gasteiger partial charge in [0.15, 0.2) is 6.10 Å². The first-order valence-electron chi connectivity index (χ1n) is 11.4. The van der Waals surface area contributed by atoms with Gasteiger partial charge in [-0.15, -0.1) is 0 Å². The number of rotatable bonds is 12. The van der Waals surface area contributed by atoms with Crippen LogP contribution in [0.25, 0.3) is 0 Å². The molecule has 0 aromatic heterocycles. The van der Waals surface area contributed by atoms with E-state index in [2.05, 4.69) is 10.2 Å². The number of hydrogen-bond donors (Lipinski definition) is 2. The first kappa shape index (κ1) is 23.6. The van der Waals surface area contributed by atoms with E-state index in [0.717, 1.165) is 37.0 Å². The zero-order chi connectivity index (χ0) is 23.4. The second-order valence-electron chi connectivity index (χ2n) is 8.72.